The topological polar surface area (TPSA) is 66.8 Å². The minimum Gasteiger partial charge on any atom is -0.392 e. The molecule has 1 N–H and O–H groups in total. The van der Waals surface area contributed by atoms with Crippen molar-refractivity contribution in [2.75, 3.05) is 19.7 Å². The molecule has 118 valence electrons. The number of aliphatic hydroxyl groups excluding tert-OH is 1. The number of hydrogen-bond donors (Lipinski definition) is 1. The molecule has 21 heavy (non-hydrogen) atoms. The lowest BCUT2D eigenvalue weighted by atomic mass is 10.1. The zero-order valence-corrected chi connectivity index (χ0v) is 12.8. The third-order valence-corrected chi connectivity index (χ3v) is 5.42. The van der Waals surface area contributed by atoms with Crippen LogP contribution in [0.1, 0.15) is 25.3 Å². The molecule has 1 aliphatic heterocycles. The van der Waals surface area contributed by atoms with Crippen LogP contribution in [0.2, 0.25) is 0 Å². The molecule has 2 rings (SSSR count). The Balaban J connectivity index is 2.29. The van der Waals surface area contributed by atoms with Crippen LogP contribution in [0, 0.1) is 5.82 Å². The summed E-state index contributed by atoms with van der Waals surface area (Å²) in [7, 11) is -3.91. The predicted molar refractivity (Wildman–Crippen MR) is 75.7 cm³/mol. The van der Waals surface area contributed by atoms with E-state index in [2.05, 4.69) is 0 Å². The first-order chi connectivity index (χ1) is 9.98. The van der Waals surface area contributed by atoms with Crippen molar-refractivity contribution >= 4 is 10.0 Å². The van der Waals surface area contributed by atoms with Gasteiger partial charge in [0.05, 0.1) is 12.7 Å². The molecule has 1 atom stereocenters. The molecule has 0 bridgehead atoms. The van der Waals surface area contributed by atoms with E-state index in [0.717, 1.165) is 12.5 Å². The molecule has 0 radical (unpaired) electrons. The van der Waals surface area contributed by atoms with Crippen LogP contribution in [-0.2, 0) is 21.4 Å². The van der Waals surface area contributed by atoms with E-state index in [4.69, 9.17) is 9.84 Å². The molecular weight excluding hydrogens is 297 g/mol. The largest absolute Gasteiger partial charge is 0.392 e. The normalized spacial score (nSPS) is 20.6. The maximum absolute atomic E-state index is 13.9. The molecule has 0 aromatic heterocycles. The van der Waals surface area contributed by atoms with Crippen LogP contribution in [0.4, 0.5) is 4.39 Å². The molecule has 1 aromatic carbocycles. The van der Waals surface area contributed by atoms with Gasteiger partial charge in [0.2, 0.25) is 10.0 Å². The van der Waals surface area contributed by atoms with Gasteiger partial charge in [-0.15, -0.1) is 0 Å². The molecule has 0 amide bonds. The van der Waals surface area contributed by atoms with Gasteiger partial charge >= 0.3 is 0 Å². The number of halogens is 1. The van der Waals surface area contributed by atoms with Crippen molar-refractivity contribution in [1.29, 1.82) is 0 Å². The molecule has 1 aliphatic rings. The molecule has 1 aromatic rings. The molecule has 1 fully saturated rings. The van der Waals surface area contributed by atoms with Gasteiger partial charge in [-0.2, -0.15) is 4.31 Å². The Kier molecular flexibility index (Phi) is 5.32. The summed E-state index contributed by atoms with van der Waals surface area (Å²) < 4.78 is 45.8. The molecule has 1 heterocycles. The SMILES string of the molecule is CCOC1CCCN(S(=O)(=O)c2cc(CO)ccc2F)C1. The highest BCUT2D eigenvalue weighted by Crippen LogP contribution is 2.25. The molecule has 1 saturated heterocycles. The van der Waals surface area contributed by atoms with Gasteiger partial charge in [-0.1, -0.05) is 6.07 Å². The van der Waals surface area contributed by atoms with Crippen LogP contribution >= 0.6 is 0 Å². The van der Waals surface area contributed by atoms with Gasteiger partial charge in [0.25, 0.3) is 0 Å². The number of ether oxygens (including phenoxy) is 1. The minimum absolute atomic E-state index is 0.150. The number of nitrogens with zero attached hydrogens (tertiary/aromatic N) is 1. The van der Waals surface area contributed by atoms with E-state index in [1.807, 2.05) is 6.92 Å². The van der Waals surface area contributed by atoms with E-state index < -0.39 is 15.8 Å². The van der Waals surface area contributed by atoms with Crippen LogP contribution in [0.25, 0.3) is 0 Å². The van der Waals surface area contributed by atoms with E-state index in [1.165, 1.54) is 16.4 Å². The lowest BCUT2D eigenvalue weighted by Crippen LogP contribution is -2.43. The Morgan fingerprint density at radius 2 is 2.24 bits per heavy atom. The first-order valence-corrected chi connectivity index (χ1v) is 8.44. The Morgan fingerprint density at radius 1 is 1.48 bits per heavy atom. The highest BCUT2D eigenvalue weighted by molar-refractivity contribution is 7.89. The van der Waals surface area contributed by atoms with Crippen LogP contribution in [0.5, 0.6) is 0 Å². The predicted octanol–water partition coefficient (Wildman–Crippen LogP) is 1.51. The Hall–Kier alpha value is -1.02. The summed E-state index contributed by atoms with van der Waals surface area (Å²) in [5.41, 5.74) is 0.369. The molecular formula is C14H20FNO4S. The lowest BCUT2D eigenvalue weighted by molar-refractivity contribution is 0.0264. The summed E-state index contributed by atoms with van der Waals surface area (Å²) in [5.74, 6) is -0.800. The fourth-order valence-electron chi connectivity index (χ4n) is 2.48. The van der Waals surface area contributed by atoms with Gasteiger partial charge in [0, 0.05) is 19.7 Å². The highest BCUT2D eigenvalue weighted by Gasteiger charge is 2.32. The Bertz CT molecular complexity index is 589. The van der Waals surface area contributed by atoms with Gasteiger partial charge in [-0.05, 0) is 37.5 Å². The lowest BCUT2D eigenvalue weighted by Gasteiger charge is -2.31. The molecule has 0 aliphatic carbocycles. The van der Waals surface area contributed by atoms with E-state index in [9.17, 15) is 12.8 Å². The third kappa shape index (κ3) is 3.60. The molecule has 7 heteroatoms. The monoisotopic (exact) mass is 317 g/mol. The maximum Gasteiger partial charge on any atom is 0.246 e. The van der Waals surface area contributed by atoms with Crippen LogP contribution in [0.3, 0.4) is 0 Å². The second-order valence-corrected chi connectivity index (χ2v) is 6.91. The van der Waals surface area contributed by atoms with Crippen LogP contribution < -0.4 is 0 Å². The van der Waals surface area contributed by atoms with E-state index >= 15 is 0 Å². The standard InChI is InChI=1S/C14H20FNO4S/c1-2-20-12-4-3-7-16(9-12)21(18,19)14-8-11(10-17)5-6-13(14)15/h5-6,8,12,17H,2-4,7,9-10H2,1H3. The molecule has 0 saturated carbocycles. The summed E-state index contributed by atoms with van der Waals surface area (Å²) in [5, 5.41) is 9.09. The van der Waals surface area contributed by atoms with Crippen molar-refractivity contribution in [3.05, 3.63) is 29.6 Å². The summed E-state index contributed by atoms with van der Waals surface area (Å²) >= 11 is 0. The Morgan fingerprint density at radius 3 is 2.90 bits per heavy atom. The fraction of sp³-hybridized carbons (Fsp3) is 0.571. The average molecular weight is 317 g/mol. The highest BCUT2D eigenvalue weighted by atomic mass is 32.2. The van der Waals surface area contributed by atoms with Gasteiger partial charge in [0.1, 0.15) is 10.7 Å². The number of aliphatic hydroxyl groups is 1. The van der Waals surface area contributed by atoms with E-state index in [-0.39, 0.29) is 24.2 Å². The summed E-state index contributed by atoms with van der Waals surface area (Å²) in [4.78, 5) is -0.383. The van der Waals surface area contributed by atoms with Crippen molar-refractivity contribution in [3.63, 3.8) is 0 Å². The smallest absolute Gasteiger partial charge is 0.246 e. The molecule has 1 unspecified atom stereocenters. The maximum atomic E-state index is 13.9. The second kappa shape index (κ2) is 6.83. The third-order valence-electron chi connectivity index (χ3n) is 3.54. The quantitative estimate of drug-likeness (QED) is 0.894. The van der Waals surface area contributed by atoms with Crippen molar-refractivity contribution in [2.24, 2.45) is 0 Å². The van der Waals surface area contributed by atoms with Crippen molar-refractivity contribution in [1.82, 2.24) is 4.31 Å². The average Bonchev–Trinajstić information content (AvgIpc) is 2.48. The zero-order chi connectivity index (χ0) is 15.5. The summed E-state index contributed by atoms with van der Waals surface area (Å²) in [6.07, 6.45) is 1.34. The fourth-order valence-corrected chi connectivity index (χ4v) is 4.10. The van der Waals surface area contributed by atoms with Crippen molar-refractivity contribution in [2.45, 2.75) is 37.4 Å². The number of sulfonamides is 1. The summed E-state index contributed by atoms with van der Waals surface area (Å²) in [6, 6.07) is 3.63. The zero-order valence-electron chi connectivity index (χ0n) is 12.0. The number of piperidine rings is 1. The Labute approximate surface area is 124 Å². The minimum atomic E-state index is -3.91. The van der Waals surface area contributed by atoms with Gasteiger partial charge in [-0.25, -0.2) is 12.8 Å². The van der Waals surface area contributed by atoms with E-state index in [1.54, 1.807) is 0 Å². The van der Waals surface area contributed by atoms with Crippen molar-refractivity contribution in [3.8, 4) is 0 Å². The molecule has 5 nitrogen and oxygen atoms in total. The number of benzene rings is 1. The summed E-state index contributed by atoms with van der Waals surface area (Å²) in [6.45, 7) is 2.64. The number of rotatable bonds is 5. The first kappa shape index (κ1) is 16.4. The first-order valence-electron chi connectivity index (χ1n) is 7.00. The molecule has 0 spiro atoms. The van der Waals surface area contributed by atoms with Gasteiger partial charge in [-0.3, -0.25) is 0 Å². The van der Waals surface area contributed by atoms with Crippen LogP contribution in [0.15, 0.2) is 23.1 Å². The number of hydrogen-bond acceptors (Lipinski definition) is 4. The second-order valence-electron chi connectivity index (χ2n) is 5.01. The van der Waals surface area contributed by atoms with Gasteiger partial charge < -0.3 is 9.84 Å². The van der Waals surface area contributed by atoms with E-state index in [0.29, 0.717) is 25.1 Å². The van der Waals surface area contributed by atoms with Gasteiger partial charge in [0.15, 0.2) is 0 Å². The van der Waals surface area contributed by atoms with Crippen LogP contribution in [-0.4, -0.2) is 43.6 Å². The van der Waals surface area contributed by atoms with Crippen molar-refractivity contribution < 1.29 is 22.7 Å².